The van der Waals surface area contributed by atoms with Gasteiger partial charge in [-0.25, -0.2) is 0 Å². The summed E-state index contributed by atoms with van der Waals surface area (Å²) in [5.41, 5.74) is 9.17. The molecule has 0 aliphatic heterocycles. The van der Waals surface area contributed by atoms with Crippen molar-refractivity contribution >= 4 is 17.2 Å². The van der Waals surface area contributed by atoms with Gasteiger partial charge in [-0.3, -0.25) is 0 Å². The maximum absolute atomic E-state index is 3.10. The minimum absolute atomic E-state index is 1.07. The van der Waals surface area contributed by atoms with Crippen LogP contribution in [0.2, 0.25) is 0 Å². The van der Waals surface area contributed by atoms with Crippen molar-refractivity contribution in [2.75, 3.05) is 0 Å². The van der Waals surface area contributed by atoms with Gasteiger partial charge >= 0.3 is 0 Å². The predicted molar refractivity (Wildman–Crippen MR) is 98.6 cm³/mol. The summed E-state index contributed by atoms with van der Waals surface area (Å²) in [5.74, 6) is 6.04. The third-order valence-electron chi connectivity index (χ3n) is 4.44. The van der Waals surface area contributed by atoms with Crippen LogP contribution in [0.3, 0.4) is 0 Å². The van der Waals surface area contributed by atoms with Gasteiger partial charge < -0.3 is 0 Å². The molecule has 2 aromatic rings. The minimum atomic E-state index is 1.07. The molecule has 0 radical (unpaired) electrons. The van der Waals surface area contributed by atoms with E-state index in [1.807, 2.05) is 6.92 Å². The van der Waals surface area contributed by atoms with Crippen LogP contribution < -0.4 is 0 Å². The molecule has 0 saturated carbocycles. The summed E-state index contributed by atoms with van der Waals surface area (Å²) in [7, 11) is 0. The molecule has 0 bridgehead atoms. The molecule has 0 amide bonds. The molecule has 2 aliphatic rings. The Hall–Kier alpha value is -2.78. The van der Waals surface area contributed by atoms with E-state index in [4.69, 9.17) is 0 Å². The molecule has 0 spiro atoms. The molecule has 0 saturated heterocycles. The van der Waals surface area contributed by atoms with E-state index in [9.17, 15) is 0 Å². The first-order chi connectivity index (χ1) is 11.4. The average Bonchev–Trinajstić information content (AvgIpc) is 2.92. The van der Waals surface area contributed by atoms with Crippen LogP contribution in [0.5, 0.6) is 0 Å². The molecular weight excluding hydrogens is 276 g/mol. The second kappa shape index (κ2) is 5.78. The third kappa shape index (κ3) is 2.45. The lowest BCUT2D eigenvalue weighted by atomic mass is 9.95. The summed E-state index contributed by atoms with van der Waals surface area (Å²) in [4.78, 5) is 0. The van der Waals surface area contributed by atoms with Crippen LogP contribution in [0.25, 0.3) is 17.2 Å². The lowest BCUT2D eigenvalue weighted by molar-refractivity contribution is 1.03. The smallest absolute Gasteiger partial charge is 0.0245 e. The first kappa shape index (κ1) is 13.9. The van der Waals surface area contributed by atoms with E-state index >= 15 is 0 Å². The first-order valence-corrected chi connectivity index (χ1v) is 8.12. The molecule has 0 unspecified atom stereocenters. The summed E-state index contributed by atoms with van der Waals surface area (Å²) in [6.07, 6.45) is 9.35. The first-order valence-electron chi connectivity index (χ1n) is 8.12. The summed E-state index contributed by atoms with van der Waals surface area (Å²) in [6, 6.07) is 17.2. The largest absolute Gasteiger partial charge is 0.101 e. The zero-order valence-electron chi connectivity index (χ0n) is 13.3. The highest BCUT2D eigenvalue weighted by Crippen LogP contribution is 2.47. The van der Waals surface area contributed by atoms with E-state index in [-0.39, 0.29) is 0 Å². The van der Waals surface area contributed by atoms with Crippen molar-refractivity contribution in [2.45, 2.75) is 19.8 Å². The van der Waals surface area contributed by atoms with Crippen LogP contribution in [0.1, 0.15) is 42.0 Å². The molecule has 0 nitrogen and oxygen atoms in total. The Morgan fingerprint density at radius 1 is 0.826 bits per heavy atom. The molecule has 2 aliphatic carbocycles. The van der Waals surface area contributed by atoms with Gasteiger partial charge in [-0.2, -0.15) is 0 Å². The average molecular weight is 294 g/mol. The third-order valence-corrected chi connectivity index (χ3v) is 4.44. The van der Waals surface area contributed by atoms with E-state index in [1.165, 1.54) is 33.4 Å². The van der Waals surface area contributed by atoms with E-state index in [0.717, 1.165) is 18.4 Å². The summed E-state index contributed by atoms with van der Waals surface area (Å²) in [5, 5.41) is 0. The Balaban J connectivity index is 1.82. The van der Waals surface area contributed by atoms with Gasteiger partial charge in [0.2, 0.25) is 0 Å². The SMILES string of the molecule is CC#Cc1ccc(/C=C2\C3=CCCC=C3c3ccccc32)cc1. The van der Waals surface area contributed by atoms with Crippen molar-refractivity contribution in [3.63, 3.8) is 0 Å². The van der Waals surface area contributed by atoms with E-state index in [1.54, 1.807) is 0 Å². The maximum atomic E-state index is 3.10. The molecule has 2 aromatic carbocycles. The predicted octanol–water partition coefficient (Wildman–Crippen LogP) is 5.72. The second-order valence-corrected chi connectivity index (χ2v) is 5.91. The summed E-state index contributed by atoms with van der Waals surface area (Å²) in [6.45, 7) is 1.87. The molecule has 0 N–H and O–H groups in total. The van der Waals surface area contributed by atoms with Crippen molar-refractivity contribution in [1.29, 1.82) is 0 Å². The molecule has 0 fully saturated rings. The highest BCUT2D eigenvalue weighted by molar-refractivity contribution is 6.12. The Morgan fingerprint density at radius 2 is 1.52 bits per heavy atom. The van der Waals surface area contributed by atoms with Crippen LogP contribution in [-0.2, 0) is 0 Å². The number of rotatable bonds is 1. The van der Waals surface area contributed by atoms with Crippen molar-refractivity contribution in [3.05, 3.63) is 88.5 Å². The van der Waals surface area contributed by atoms with Gasteiger partial charge in [-0.15, -0.1) is 5.92 Å². The molecule has 0 heterocycles. The van der Waals surface area contributed by atoms with Gasteiger partial charge in [0.1, 0.15) is 0 Å². The molecule has 0 aromatic heterocycles. The second-order valence-electron chi connectivity index (χ2n) is 5.91. The van der Waals surface area contributed by atoms with Crippen molar-refractivity contribution in [1.82, 2.24) is 0 Å². The fraction of sp³-hybridized carbons (Fsp3) is 0.130. The Bertz CT molecular complexity index is 907. The van der Waals surface area contributed by atoms with Crippen molar-refractivity contribution in [3.8, 4) is 11.8 Å². The number of hydrogen-bond acceptors (Lipinski definition) is 0. The Labute approximate surface area is 137 Å². The van der Waals surface area contributed by atoms with Gasteiger partial charge in [-0.1, -0.05) is 54.5 Å². The highest BCUT2D eigenvalue weighted by Gasteiger charge is 2.26. The molecule has 4 rings (SSSR count). The monoisotopic (exact) mass is 294 g/mol. The quantitative estimate of drug-likeness (QED) is 0.590. The fourth-order valence-corrected chi connectivity index (χ4v) is 3.41. The fourth-order valence-electron chi connectivity index (χ4n) is 3.41. The zero-order chi connectivity index (χ0) is 15.6. The molecular formula is C23H18. The highest BCUT2D eigenvalue weighted by atomic mass is 14.3. The number of benzene rings is 2. The molecule has 110 valence electrons. The Morgan fingerprint density at radius 3 is 2.26 bits per heavy atom. The lowest BCUT2D eigenvalue weighted by Gasteiger charge is -2.09. The van der Waals surface area contributed by atoms with Crippen LogP contribution in [0.4, 0.5) is 0 Å². The molecule has 0 heteroatoms. The van der Waals surface area contributed by atoms with E-state index < -0.39 is 0 Å². The van der Waals surface area contributed by atoms with Crippen LogP contribution >= 0.6 is 0 Å². The van der Waals surface area contributed by atoms with E-state index in [2.05, 4.69) is 78.6 Å². The normalized spacial score (nSPS) is 16.8. The van der Waals surface area contributed by atoms with Gasteiger partial charge in [-0.05, 0) is 71.4 Å². The van der Waals surface area contributed by atoms with Crippen molar-refractivity contribution in [2.24, 2.45) is 0 Å². The van der Waals surface area contributed by atoms with Gasteiger partial charge in [0, 0.05) is 5.56 Å². The van der Waals surface area contributed by atoms with Gasteiger partial charge in [0.05, 0.1) is 0 Å². The van der Waals surface area contributed by atoms with Gasteiger partial charge in [0.15, 0.2) is 0 Å². The number of fused-ring (bicyclic) bond motifs is 3. The number of allylic oxidation sites excluding steroid dienone is 5. The van der Waals surface area contributed by atoms with Crippen LogP contribution in [-0.4, -0.2) is 0 Å². The van der Waals surface area contributed by atoms with E-state index in [0.29, 0.717) is 0 Å². The van der Waals surface area contributed by atoms with Gasteiger partial charge in [0.25, 0.3) is 0 Å². The van der Waals surface area contributed by atoms with Crippen molar-refractivity contribution < 1.29 is 0 Å². The summed E-state index contributed by atoms with van der Waals surface area (Å²) >= 11 is 0. The molecule has 0 atom stereocenters. The standard InChI is InChI=1S/C23H18/c1-2-7-17-12-14-18(15-13-17)16-23-21-10-5-3-8-19(21)20-9-4-6-11-22(20)23/h3,5,8-16H,4,6H2,1H3/b23-16-. The Kier molecular flexibility index (Phi) is 3.48. The van der Waals surface area contributed by atoms with Crippen LogP contribution in [0, 0.1) is 11.8 Å². The topological polar surface area (TPSA) is 0 Å². The lowest BCUT2D eigenvalue weighted by Crippen LogP contribution is -1.87. The molecule has 23 heavy (non-hydrogen) atoms. The zero-order valence-corrected chi connectivity index (χ0v) is 13.3. The van der Waals surface area contributed by atoms with Crippen LogP contribution in [0.15, 0.2) is 66.3 Å². The minimum Gasteiger partial charge on any atom is -0.101 e. The summed E-state index contributed by atoms with van der Waals surface area (Å²) < 4.78 is 0. The number of hydrogen-bond donors (Lipinski definition) is 0. The maximum Gasteiger partial charge on any atom is 0.0245 e.